The van der Waals surface area contributed by atoms with Gasteiger partial charge in [0, 0.05) is 37.0 Å². The maximum Gasteiger partial charge on any atom is 0.271 e. The van der Waals surface area contributed by atoms with E-state index in [1.807, 2.05) is 18.2 Å². The summed E-state index contributed by atoms with van der Waals surface area (Å²) in [5.41, 5.74) is 2.38. The number of nitro benzene ring substituents is 1. The van der Waals surface area contributed by atoms with Gasteiger partial charge in [0.1, 0.15) is 0 Å². The molecule has 0 fully saturated rings. The van der Waals surface area contributed by atoms with Crippen molar-refractivity contribution in [1.29, 1.82) is 0 Å². The van der Waals surface area contributed by atoms with Crippen LogP contribution in [0, 0.1) is 10.1 Å². The van der Waals surface area contributed by atoms with Crippen LogP contribution in [0.15, 0.2) is 42.6 Å². The summed E-state index contributed by atoms with van der Waals surface area (Å²) in [7, 11) is 0. The standard InChI is InChI=1S/C14H13N5O2/c20-19(21)11-4-5-12-13(9-11)18-14(17-12)16-8-6-10-3-1-2-7-15-10/h1-5,7,9H,6,8H2,(H2,16,17,18). The lowest BCUT2D eigenvalue weighted by atomic mass is 10.3. The van der Waals surface area contributed by atoms with Gasteiger partial charge in [0.25, 0.3) is 5.69 Å². The molecule has 0 bridgehead atoms. The molecule has 0 spiro atoms. The number of nitro groups is 1. The number of fused-ring (bicyclic) bond motifs is 1. The molecule has 0 aliphatic rings. The molecule has 1 aromatic carbocycles. The normalized spacial score (nSPS) is 10.7. The van der Waals surface area contributed by atoms with Gasteiger partial charge < -0.3 is 10.3 Å². The Morgan fingerprint density at radius 2 is 2.19 bits per heavy atom. The Labute approximate surface area is 120 Å². The fraction of sp³-hybridized carbons (Fsp3) is 0.143. The average Bonchev–Trinajstić information content (AvgIpc) is 2.90. The van der Waals surface area contributed by atoms with Gasteiger partial charge in [-0.25, -0.2) is 4.98 Å². The summed E-state index contributed by atoms with van der Waals surface area (Å²) in [6.07, 6.45) is 2.54. The third kappa shape index (κ3) is 2.97. The Bertz CT molecular complexity index is 769. The van der Waals surface area contributed by atoms with Crippen molar-refractivity contribution in [3.63, 3.8) is 0 Å². The molecule has 7 heteroatoms. The SMILES string of the molecule is O=[N+]([O-])c1ccc2nc(NCCc3ccccn3)[nH]c2c1. The van der Waals surface area contributed by atoms with E-state index in [0.29, 0.717) is 23.5 Å². The Hall–Kier alpha value is -2.96. The van der Waals surface area contributed by atoms with E-state index < -0.39 is 4.92 Å². The van der Waals surface area contributed by atoms with Crippen molar-refractivity contribution in [2.24, 2.45) is 0 Å². The van der Waals surface area contributed by atoms with E-state index in [9.17, 15) is 10.1 Å². The smallest absolute Gasteiger partial charge is 0.271 e. The van der Waals surface area contributed by atoms with E-state index >= 15 is 0 Å². The Morgan fingerprint density at radius 1 is 1.29 bits per heavy atom. The highest BCUT2D eigenvalue weighted by Crippen LogP contribution is 2.20. The maximum atomic E-state index is 10.7. The second kappa shape index (κ2) is 5.58. The Kier molecular flexibility index (Phi) is 3.46. The van der Waals surface area contributed by atoms with Crippen LogP contribution in [-0.4, -0.2) is 26.4 Å². The van der Waals surface area contributed by atoms with Crippen LogP contribution >= 0.6 is 0 Å². The lowest BCUT2D eigenvalue weighted by Gasteiger charge is -2.01. The summed E-state index contributed by atoms with van der Waals surface area (Å²) in [6, 6.07) is 10.3. The molecule has 3 aromatic rings. The Balaban J connectivity index is 1.68. The second-order valence-electron chi connectivity index (χ2n) is 4.54. The molecule has 0 aliphatic heterocycles. The Morgan fingerprint density at radius 3 is 2.95 bits per heavy atom. The van der Waals surface area contributed by atoms with Crippen molar-refractivity contribution in [2.45, 2.75) is 6.42 Å². The van der Waals surface area contributed by atoms with Crippen LogP contribution < -0.4 is 5.32 Å². The fourth-order valence-corrected chi connectivity index (χ4v) is 2.05. The molecule has 3 rings (SSSR count). The molecule has 2 N–H and O–H groups in total. The number of aromatic amines is 1. The van der Waals surface area contributed by atoms with E-state index in [-0.39, 0.29) is 5.69 Å². The summed E-state index contributed by atoms with van der Waals surface area (Å²) in [5.74, 6) is 0.599. The molecule has 2 aromatic heterocycles. The third-order valence-electron chi connectivity index (χ3n) is 3.08. The molecule has 21 heavy (non-hydrogen) atoms. The van der Waals surface area contributed by atoms with Gasteiger partial charge in [0.05, 0.1) is 16.0 Å². The molecule has 0 unspecified atom stereocenters. The van der Waals surface area contributed by atoms with Crippen molar-refractivity contribution in [3.8, 4) is 0 Å². The molecular weight excluding hydrogens is 270 g/mol. The summed E-state index contributed by atoms with van der Waals surface area (Å²) < 4.78 is 0. The number of hydrogen-bond acceptors (Lipinski definition) is 5. The van der Waals surface area contributed by atoms with E-state index in [2.05, 4.69) is 20.3 Å². The summed E-state index contributed by atoms with van der Waals surface area (Å²) in [4.78, 5) is 21.9. The molecule has 0 saturated carbocycles. The van der Waals surface area contributed by atoms with Gasteiger partial charge >= 0.3 is 0 Å². The van der Waals surface area contributed by atoms with Crippen LogP contribution in [0.1, 0.15) is 5.69 Å². The third-order valence-corrected chi connectivity index (χ3v) is 3.08. The summed E-state index contributed by atoms with van der Waals surface area (Å²) in [5, 5.41) is 13.9. The average molecular weight is 283 g/mol. The number of H-pyrrole nitrogens is 1. The van der Waals surface area contributed by atoms with Crippen molar-refractivity contribution in [2.75, 3.05) is 11.9 Å². The van der Waals surface area contributed by atoms with Crippen LogP contribution in [0.3, 0.4) is 0 Å². The predicted octanol–water partition coefficient (Wildman–Crippen LogP) is 2.52. The van der Waals surface area contributed by atoms with E-state index in [1.54, 1.807) is 12.3 Å². The highest BCUT2D eigenvalue weighted by atomic mass is 16.6. The van der Waals surface area contributed by atoms with E-state index in [1.165, 1.54) is 12.1 Å². The second-order valence-corrected chi connectivity index (χ2v) is 4.54. The highest BCUT2D eigenvalue weighted by molar-refractivity contribution is 5.79. The zero-order chi connectivity index (χ0) is 14.7. The van der Waals surface area contributed by atoms with Gasteiger partial charge in [-0.3, -0.25) is 15.1 Å². The van der Waals surface area contributed by atoms with Gasteiger partial charge in [0.2, 0.25) is 5.95 Å². The van der Waals surface area contributed by atoms with Gasteiger partial charge in [-0.2, -0.15) is 0 Å². The predicted molar refractivity (Wildman–Crippen MR) is 79.2 cm³/mol. The van der Waals surface area contributed by atoms with Gasteiger partial charge in [-0.05, 0) is 18.2 Å². The number of benzene rings is 1. The minimum absolute atomic E-state index is 0.0474. The number of hydrogen-bond donors (Lipinski definition) is 2. The largest absolute Gasteiger partial charge is 0.355 e. The van der Waals surface area contributed by atoms with Crippen molar-refractivity contribution in [3.05, 3.63) is 58.4 Å². The first kappa shape index (κ1) is 13.0. The molecule has 106 valence electrons. The number of rotatable bonds is 5. The molecule has 7 nitrogen and oxygen atoms in total. The highest BCUT2D eigenvalue weighted by Gasteiger charge is 2.09. The maximum absolute atomic E-state index is 10.7. The quantitative estimate of drug-likeness (QED) is 0.554. The zero-order valence-electron chi connectivity index (χ0n) is 11.1. The summed E-state index contributed by atoms with van der Waals surface area (Å²) in [6.45, 7) is 0.679. The number of imidazole rings is 1. The molecule has 0 amide bonds. The minimum Gasteiger partial charge on any atom is -0.355 e. The molecule has 2 heterocycles. The van der Waals surface area contributed by atoms with Crippen LogP contribution in [0.2, 0.25) is 0 Å². The topological polar surface area (TPSA) is 96.7 Å². The molecular formula is C14H13N5O2. The van der Waals surface area contributed by atoms with Crippen LogP contribution in [-0.2, 0) is 6.42 Å². The first-order chi connectivity index (χ1) is 10.2. The number of nitrogens with one attached hydrogen (secondary N) is 2. The van der Waals surface area contributed by atoms with E-state index in [4.69, 9.17) is 0 Å². The van der Waals surface area contributed by atoms with E-state index in [0.717, 1.165) is 12.1 Å². The van der Waals surface area contributed by atoms with Crippen molar-refractivity contribution < 1.29 is 4.92 Å². The molecule has 0 saturated heterocycles. The number of anilines is 1. The molecule has 0 radical (unpaired) electrons. The molecule has 0 aliphatic carbocycles. The first-order valence-electron chi connectivity index (χ1n) is 6.50. The lowest BCUT2D eigenvalue weighted by molar-refractivity contribution is -0.384. The monoisotopic (exact) mass is 283 g/mol. The lowest BCUT2D eigenvalue weighted by Crippen LogP contribution is -2.06. The number of aromatic nitrogens is 3. The number of nitrogens with zero attached hydrogens (tertiary/aromatic N) is 3. The minimum atomic E-state index is -0.422. The van der Waals surface area contributed by atoms with Crippen LogP contribution in [0.25, 0.3) is 11.0 Å². The number of non-ortho nitro benzene ring substituents is 1. The van der Waals surface area contributed by atoms with Gasteiger partial charge in [-0.15, -0.1) is 0 Å². The van der Waals surface area contributed by atoms with Crippen LogP contribution in [0.4, 0.5) is 11.6 Å². The van der Waals surface area contributed by atoms with Crippen molar-refractivity contribution >= 4 is 22.7 Å². The molecule has 0 atom stereocenters. The summed E-state index contributed by atoms with van der Waals surface area (Å²) >= 11 is 0. The first-order valence-corrected chi connectivity index (χ1v) is 6.50. The van der Waals surface area contributed by atoms with Gasteiger partial charge in [-0.1, -0.05) is 6.07 Å². The van der Waals surface area contributed by atoms with Crippen molar-refractivity contribution in [1.82, 2.24) is 15.0 Å². The zero-order valence-corrected chi connectivity index (χ0v) is 11.1. The van der Waals surface area contributed by atoms with Crippen LogP contribution in [0.5, 0.6) is 0 Å². The number of pyridine rings is 1. The van der Waals surface area contributed by atoms with Gasteiger partial charge in [0.15, 0.2) is 0 Å². The fourth-order valence-electron chi connectivity index (χ4n) is 2.05.